The van der Waals surface area contributed by atoms with Gasteiger partial charge in [0.05, 0.1) is 5.84 Å². The van der Waals surface area contributed by atoms with Crippen LogP contribution in [0.25, 0.3) is 10.9 Å². The number of H-pyrrole nitrogens is 1. The topological polar surface area (TPSA) is 415 Å². The molecule has 0 unspecified atom stereocenters. The van der Waals surface area contributed by atoms with E-state index in [1.54, 1.807) is 43.5 Å². The summed E-state index contributed by atoms with van der Waals surface area (Å²) in [6.45, 7) is 3.10. The van der Waals surface area contributed by atoms with Gasteiger partial charge >= 0.3 is 5.97 Å². The van der Waals surface area contributed by atoms with E-state index in [0.717, 1.165) is 10.9 Å². The zero-order chi connectivity index (χ0) is 55.7. The Kier molecular flexibility index (Phi) is 24.9. The van der Waals surface area contributed by atoms with Crippen LogP contribution in [0.2, 0.25) is 5.02 Å². The van der Waals surface area contributed by atoms with Crippen molar-refractivity contribution in [1.29, 1.82) is 0 Å². The first-order valence-electron chi connectivity index (χ1n) is 25.1. The number of aromatic nitrogens is 1. The number of benzene rings is 2. The summed E-state index contributed by atoms with van der Waals surface area (Å²) in [5.41, 5.74) is 24.5. The first-order chi connectivity index (χ1) is 36.2. The van der Waals surface area contributed by atoms with Crippen LogP contribution in [0.15, 0.2) is 64.7 Å². The van der Waals surface area contributed by atoms with Gasteiger partial charge in [0, 0.05) is 67.9 Å². The lowest BCUT2D eigenvalue weighted by molar-refractivity contribution is -0.142. The Labute approximate surface area is 445 Å². The number of carbonyl (C=O) groups is 9. The fourth-order valence-corrected chi connectivity index (χ4v) is 8.54. The molecule has 1 saturated heterocycles. The van der Waals surface area contributed by atoms with Crippen LogP contribution in [0.1, 0.15) is 89.2 Å². The molecule has 8 amide bonds. The minimum absolute atomic E-state index is 0.0338. The highest BCUT2D eigenvalue weighted by Crippen LogP contribution is 2.20. The predicted octanol–water partition coefficient (Wildman–Crippen LogP) is -1.26. The molecule has 0 aliphatic carbocycles. The molecule has 26 heteroatoms. The summed E-state index contributed by atoms with van der Waals surface area (Å²) in [6, 6.07) is 3.94. The predicted molar refractivity (Wildman–Crippen MR) is 285 cm³/mol. The molecule has 3 aromatic rings. The number of carbonyl (C=O) groups excluding carboxylic acids is 8. The molecule has 0 saturated carbocycles. The molecule has 18 N–H and O–H groups in total. The van der Waals surface area contributed by atoms with E-state index >= 15 is 0 Å². The normalized spacial score (nSPS) is 21.3. The third-order valence-electron chi connectivity index (χ3n) is 12.2. The summed E-state index contributed by atoms with van der Waals surface area (Å²) in [4.78, 5) is 136. The molecule has 1 aliphatic rings. The summed E-state index contributed by atoms with van der Waals surface area (Å²) in [5.74, 6) is -7.52. The number of aliphatic imine (C=N–C) groups is 2. The quantitative estimate of drug-likeness (QED) is 0.0379. The van der Waals surface area contributed by atoms with E-state index < -0.39 is 95.5 Å². The van der Waals surface area contributed by atoms with E-state index in [1.807, 2.05) is 18.2 Å². The van der Waals surface area contributed by atoms with Crippen molar-refractivity contribution in [2.45, 2.75) is 133 Å². The molecule has 25 nitrogen and oxygen atoms in total. The third kappa shape index (κ3) is 20.8. The second kappa shape index (κ2) is 31.2. The number of nitrogens with one attached hydrogen (secondary N) is 9. The Morgan fingerprint density at radius 2 is 1.39 bits per heavy atom. The molecule has 1 aromatic heterocycles. The minimum Gasteiger partial charge on any atom is -0.480 e. The molecule has 4 rings (SSSR count). The van der Waals surface area contributed by atoms with E-state index in [9.17, 15) is 48.3 Å². The maximum Gasteiger partial charge on any atom is 0.326 e. The number of carboxylic acids is 1. The fourth-order valence-electron chi connectivity index (χ4n) is 8.32. The van der Waals surface area contributed by atoms with Gasteiger partial charge in [-0.25, -0.2) is 4.79 Å². The van der Waals surface area contributed by atoms with Crippen molar-refractivity contribution < 1.29 is 48.3 Å². The van der Waals surface area contributed by atoms with Gasteiger partial charge in [-0.1, -0.05) is 41.9 Å². The monoisotopic (exact) mass is 1080 g/mol. The van der Waals surface area contributed by atoms with E-state index in [0.29, 0.717) is 28.4 Å². The lowest BCUT2D eigenvalue weighted by Gasteiger charge is -2.28. The van der Waals surface area contributed by atoms with Gasteiger partial charge in [-0.15, -0.1) is 0 Å². The largest absolute Gasteiger partial charge is 0.480 e. The minimum atomic E-state index is -1.49. The summed E-state index contributed by atoms with van der Waals surface area (Å²) in [6.07, 6.45) is 1.17. The molecule has 414 valence electrons. The highest BCUT2D eigenvalue weighted by Gasteiger charge is 2.35. The zero-order valence-corrected chi connectivity index (χ0v) is 43.5. The highest BCUT2D eigenvalue weighted by atomic mass is 35.5. The third-order valence-corrected chi connectivity index (χ3v) is 12.4. The second-order valence-corrected chi connectivity index (χ2v) is 18.9. The van der Waals surface area contributed by atoms with Crippen molar-refractivity contribution in [1.82, 2.24) is 47.5 Å². The van der Waals surface area contributed by atoms with Crippen LogP contribution in [0, 0.1) is 0 Å². The molecule has 2 heterocycles. The Hall–Kier alpha value is -7.80. The first kappa shape index (κ1) is 60.8. The highest BCUT2D eigenvalue weighted by molar-refractivity contribution is 6.30. The van der Waals surface area contributed by atoms with Crippen molar-refractivity contribution in [2.24, 2.45) is 32.9 Å². The van der Waals surface area contributed by atoms with Crippen molar-refractivity contribution in [2.75, 3.05) is 26.2 Å². The van der Waals surface area contributed by atoms with E-state index in [1.165, 1.54) is 6.92 Å². The lowest BCUT2D eigenvalue weighted by Crippen LogP contribution is -2.60. The van der Waals surface area contributed by atoms with Crippen LogP contribution in [0.5, 0.6) is 0 Å². The van der Waals surface area contributed by atoms with E-state index in [2.05, 4.69) is 57.5 Å². The van der Waals surface area contributed by atoms with Gasteiger partial charge < -0.3 is 75.6 Å². The number of amidine groups is 1. The summed E-state index contributed by atoms with van der Waals surface area (Å²) in [5, 5.41) is 32.5. The number of halogens is 1. The lowest BCUT2D eigenvalue weighted by atomic mass is 10.0. The SMILES string of the molecule is CC(=O)N[C@@H](CCCN=C(C)N)C(=O)N[C@H]1CCC(=O)NCCC[C@@H](C(=O)O)NC(=O)[C@H](Cc2c[nH]c3ccccc23)NC(=O)[C@H](CCCN=C(N)N)NC(=O)[C@@H](Cc2cccc(Cl)c2)NC(=O)[C@H](CCCN)NC1=O. The van der Waals surface area contributed by atoms with E-state index in [-0.39, 0.29) is 103 Å². The number of fused-ring (bicyclic) bond motifs is 1. The molecule has 0 bridgehead atoms. The number of rotatable bonds is 19. The number of hydrogen-bond acceptors (Lipinski definition) is 12. The number of aromatic amines is 1. The maximum atomic E-state index is 14.7. The molecular weight excluding hydrogens is 1010 g/mol. The molecule has 76 heavy (non-hydrogen) atoms. The Bertz CT molecular complexity index is 2570. The molecule has 2 aromatic carbocycles. The smallest absolute Gasteiger partial charge is 0.326 e. The van der Waals surface area contributed by atoms with Gasteiger partial charge in [0.2, 0.25) is 47.3 Å². The van der Waals surface area contributed by atoms with Gasteiger partial charge in [-0.05, 0) is 101 Å². The first-order valence-corrected chi connectivity index (χ1v) is 25.5. The van der Waals surface area contributed by atoms with Crippen molar-refractivity contribution in [3.8, 4) is 0 Å². The Morgan fingerprint density at radius 1 is 0.763 bits per heavy atom. The Balaban J connectivity index is 1.78. The van der Waals surface area contributed by atoms with Gasteiger partial charge in [0.15, 0.2) is 5.96 Å². The number of carboxylic acid groups (broad SMARTS) is 1. The van der Waals surface area contributed by atoms with Crippen LogP contribution in [-0.4, -0.2) is 144 Å². The van der Waals surface area contributed by atoms with E-state index in [4.69, 9.17) is 34.5 Å². The molecule has 1 fully saturated rings. The van der Waals surface area contributed by atoms with Gasteiger partial charge in [0.1, 0.15) is 42.3 Å². The number of nitrogens with zero attached hydrogens (tertiary/aromatic N) is 2. The molecule has 0 radical (unpaired) electrons. The number of amides is 8. The zero-order valence-electron chi connectivity index (χ0n) is 42.8. The number of hydrogen-bond donors (Lipinski definition) is 14. The molecule has 7 atom stereocenters. The molecular formula is C50H72ClN15O10. The van der Waals surface area contributed by atoms with Crippen molar-refractivity contribution >= 4 is 87.5 Å². The van der Waals surface area contributed by atoms with Crippen molar-refractivity contribution in [3.05, 3.63) is 70.9 Å². The summed E-state index contributed by atoms with van der Waals surface area (Å²) < 4.78 is 0. The number of nitrogens with two attached hydrogens (primary N) is 4. The van der Waals surface area contributed by atoms with Crippen LogP contribution in [0.4, 0.5) is 0 Å². The maximum absolute atomic E-state index is 14.7. The summed E-state index contributed by atoms with van der Waals surface area (Å²) >= 11 is 6.34. The molecule has 0 spiro atoms. The summed E-state index contributed by atoms with van der Waals surface area (Å²) in [7, 11) is 0. The number of aliphatic carboxylic acids is 1. The van der Waals surface area contributed by atoms with Crippen molar-refractivity contribution in [3.63, 3.8) is 0 Å². The molecule has 1 aliphatic heterocycles. The van der Waals surface area contributed by atoms with Gasteiger partial charge in [0.25, 0.3) is 0 Å². The van der Waals surface area contributed by atoms with Crippen LogP contribution >= 0.6 is 11.6 Å². The fraction of sp³-hybridized carbons (Fsp3) is 0.500. The number of guanidine groups is 1. The standard InChI is InChI=1S/C50H72ClN15O10/c1-28(53)56-21-7-15-35(60-29(2)67)43(69)63-38-18-19-42(68)57-22-9-17-39(49(75)76)64-48(74)41(26-31-27-59-34-13-4-3-12-33(31)34)66-45(71)37(16-8-23-58-50(54)55)62-47(73)40(25-30-10-5-11-32(51)24-30)65-44(70)36(14-6-20-52)61-46(38)72/h3-5,10-13,24,27,35-41,59H,6-9,14-23,25-26,52H2,1-2H3,(H2,53,56)(H,57,68)(H,60,67)(H,61,72)(H,62,73)(H,63,69)(H,64,74)(H,65,70)(H,66,71)(H,75,76)(H4,54,55,58)/t35-,36-,37-,38-,39-,40+,41-/m0/s1. The van der Waals surface area contributed by atoms with Gasteiger partial charge in [-0.2, -0.15) is 0 Å². The average molecular weight is 1080 g/mol. The van der Waals surface area contributed by atoms with Crippen LogP contribution in [-0.2, 0) is 56.0 Å². The average Bonchev–Trinajstić information content (AvgIpc) is 3.77. The van der Waals surface area contributed by atoms with Gasteiger partial charge in [-0.3, -0.25) is 48.3 Å². The van der Waals surface area contributed by atoms with Crippen LogP contribution < -0.4 is 65.5 Å². The number of para-hydroxylation sites is 1. The Morgan fingerprint density at radius 3 is 2.05 bits per heavy atom. The van der Waals surface area contributed by atoms with Crippen LogP contribution in [0.3, 0.4) is 0 Å². The second-order valence-electron chi connectivity index (χ2n) is 18.4.